The maximum atomic E-state index is 12.8. The van der Waals surface area contributed by atoms with Crippen molar-refractivity contribution in [1.29, 1.82) is 0 Å². The molecule has 0 bridgehead atoms. The van der Waals surface area contributed by atoms with E-state index >= 15 is 0 Å². The maximum Gasteiger partial charge on any atom is 0.416 e. The van der Waals surface area contributed by atoms with Crippen LogP contribution in [-0.2, 0) is 6.18 Å². The molecule has 1 aromatic carbocycles. The van der Waals surface area contributed by atoms with Gasteiger partial charge in [-0.15, -0.1) is 0 Å². The normalized spacial score (nSPS) is 16.9. The van der Waals surface area contributed by atoms with Gasteiger partial charge in [-0.2, -0.15) is 13.2 Å². The van der Waals surface area contributed by atoms with Crippen LogP contribution in [0.15, 0.2) is 42.6 Å². The number of rotatable bonds is 4. The van der Waals surface area contributed by atoms with Gasteiger partial charge in [0, 0.05) is 37.0 Å². The Balaban J connectivity index is 1.57. The molecular formula is C18H18F3N3O3. The maximum absolute atomic E-state index is 12.8. The topological polar surface area (TPSA) is 63.7 Å². The van der Waals surface area contributed by atoms with Gasteiger partial charge in [-0.3, -0.25) is 0 Å². The Kier molecular flexibility index (Phi) is 5.38. The van der Waals surface area contributed by atoms with Crippen LogP contribution in [0, 0.1) is 0 Å². The molecule has 0 radical (unpaired) electrons. The van der Waals surface area contributed by atoms with Crippen molar-refractivity contribution in [1.82, 2.24) is 9.88 Å². The predicted octanol–water partition coefficient (Wildman–Crippen LogP) is 3.79. The fourth-order valence-corrected chi connectivity index (χ4v) is 2.73. The summed E-state index contributed by atoms with van der Waals surface area (Å²) < 4.78 is 48.9. The molecule has 1 aliphatic heterocycles. The Labute approximate surface area is 153 Å². The number of likely N-dealkylation sites (tertiary alicyclic amines) is 1. The zero-order chi connectivity index (χ0) is 19.4. The van der Waals surface area contributed by atoms with E-state index in [1.807, 2.05) is 0 Å². The molecule has 27 heavy (non-hydrogen) atoms. The molecule has 1 atom stereocenters. The third-order valence-electron chi connectivity index (χ3n) is 4.10. The number of carbonyl (C=O) groups excluding carboxylic acids is 1. The van der Waals surface area contributed by atoms with Crippen molar-refractivity contribution in [2.45, 2.75) is 18.7 Å². The van der Waals surface area contributed by atoms with E-state index in [-0.39, 0.29) is 18.5 Å². The first kappa shape index (κ1) is 18.8. The molecule has 9 heteroatoms. The quantitative estimate of drug-likeness (QED) is 0.875. The number of amides is 2. The minimum absolute atomic E-state index is 0.107. The minimum Gasteiger partial charge on any atom is -0.497 e. The highest BCUT2D eigenvalue weighted by Crippen LogP contribution is 2.31. The lowest BCUT2D eigenvalue weighted by atomic mass is 10.2. The van der Waals surface area contributed by atoms with Crippen molar-refractivity contribution in [3.63, 3.8) is 0 Å². The van der Waals surface area contributed by atoms with Crippen LogP contribution in [-0.4, -0.2) is 42.2 Å². The van der Waals surface area contributed by atoms with Crippen LogP contribution in [0.2, 0.25) is 0 Å². The van der Waals surface area contributed by atoms with Crippen molar-refractivity contribution >= 4 is 11.7 Å². The van der Waals surface area contributed by atoms with E-state index in [0.717, 1.165) is 18.3 Å². The molecule has 3 rings (SSSR count). The monoisotopic (exact) mass is 381 g/mol. The second-order valence-electron chi connectivity index (χ2n) is 6.02. The van der Waals surface area contributed by atoms with Gasteiger partial charge >= 0.3 is 12.2 Å². The predicted molar refractivity (Wildman–Crippen MR) is 91.9 cm³/mol. The molecule has 2 aromatic rings. The van der Waals surface area contributed by atoms with Gasteiger partial charge in [-0.05, 0) is 18.2 Å². The summed E-state index contributed by atoms with van der Waals surface area (Å²) in [6.07, 6.45) is -3.32. The molecule has 1 saturated heterocycles. The number of methoxy groups -OCH3 is 1. The van der Waals surface area contributed by atoms with Crippen molar-refractivity contribution in [3.05, 3.63) is 48.2 Å². The van der Waals surface area contributed by atoms with Crippen LogP contribution in [0.3, 0.4) is 0 Å². The number of urea groups is 1. The molecule has 0 aliphatic carbocycles. The van der Waals surface area contributed by atoms with E-state index in [2.05, 4.69) is 10.3 Å². The average molecular weight is 381 g/mol. The molecule has 1 aliphatic rings. The fourth-order valence-electron chi connectivity index (χ4n) is 2.73. The van der Waals surface area contributed by atoms with Crippen molar-refractivity contribution in [2.75, 3.05) is 25.5 Å². The highest BCUT2D eigenvalue weighted by Gasteiger charge is 2.32. The number of hydrogen-bond donors (Lipinski definition) is 1. The summed E-state index contributed by atoms with van der Waals surface area (Å²) in [5, 5.41) is 2.76. The lowest BCUT2D eigenvalue weighted by Crippen LogP contribution is -2.34. The number of ether oxygens (including phenoxy) is 2. The highest BCUT2D eigenvalue weighted by molar-refractivity contribution is 5.89. The number of aromatic nitrogens is 1. The average Bonchev–Trinajstić information content (AvgIpc) is 3.10. The third-order valence-corrected chi connectivity index (χ3v) is 4.10. The van der Waals surface area contributed by atoms with Gasteiger partial charge in [0.2, 0.25) is 5.88 Å². The lowest BCUT2D eigenvalue weighted by molar-refractivity contribution is -0.137. The summed E-state index contributed by atoms with van der Waals surface area (Å²) in [6, 6.07) is 8.37. The molecule has 1 unspecified atom stereocenters. The van der Waals surface area contributed by atoms with Gasteiger partial charge < -0.3 is 19.7 Å². The van der Waals surface area contributed by atoms with Gasteiger partial charge in [0.05, 0.1) is 19.2 Å². The fraction of sp³-hybridized carbons (Fsp3) is 0.333. The van der Waals surface area contributed by atoms with E-state index < -0.39 is 17.8 Å². The third kappa shape index (κ3) is 4.81. The number of halogens is 3. The van der Waals surface area contributed by atoms with Crippen LogP contribution < -0.4 is 14.8 Å². The number of nitrogens with zero attached hydrogens (tertiary/aromatic N) is 2. The van der Waals surface area contributed by atoms with Crippen molar-refractivity contribution in [2.24, 2.45) is 0 Å². The second-order valence-corrected chi connectivity index (χ2v) is 6.02. The zero-order valence-electron chi connectivity index (χ0n) is 14.5. The van der Waals surface area contributed by atoms with Crippen LogP contribution in [0.4, 0.5) is 23.7 Å². The number of carbonyl (C=O) groups is 1. The molecule has 1 aromatic heterocycles. The number of nitrogens with one attached hydrogen (secondary N) is 1. The van der Waals surface area contributed by atoms with Crippen molar-refractivity contribution in [3.8, 4) is 11.6 Å². The summed E-state index contributed by atoms with van der Waals surface area (Å²) in [7, 11) is 1.53. The number of benzene rings is 1. The Hall–Kier alpha value is -2.97. The Morgan fingerprint density at radius 1 is 1.30 bits per heavy atom. The highest BCUT2D eigenvalue weighted by atomic mass is 19.4. The van der Waals surface area contributed by atoms with E-state index in [9.17, 15) is 18.0 Å². The summed E-state index contributed by atoms with van der Waals surface area (Å²) in [6.45, 7) is 0.688. The molecule has 6 nitrogen and oxygen atoms in total. The van der Waals surface area contributed by atoms with Crippen LogP contribution in [0.1, 0.15) is 12.0 Å². The van der Waals surface area contributed by atoms with E-state index in [1.165, 1.54) is 12.0 Å². The molecule has 0 spiro atoms. The Morgan fingerprint density at radius 2 is 2.11 bits per heavy atom. The van der Waals surface area contributed by atoms with E-state index in [4.69, 9.17) is 9.47 Å². The largest absolute Gasteiger partial charge is 0.497 e. The molecule has 2 heterocycles. The number of hydrogen-bond acceptors (Lipinski definition) is 4. The molecular weight excluding hydrogens is 363 g/mol. The number of anilines is 1. The number of alkyl halides is 3. The van der Waals surface area contributed by atoms with Crippen LogP contribution >= 0.6 is 0 Å². The van der Waals surface area contributed by atoms with Crippen LogP contribution in [0.25, 0.3) is 0 Å². The van der Waals surface area contributed by atoms with Gasteiger partial charge in [0.25, 0.3) is 0 Å². The molecule has 144 valence electrons. The number of pyridine rings is 1. The summed E-state index contributed by atoms with van der Waals surface area (Å²) in [4.78, 5) is 17.7. The molecule has 2 amide bonds. The Morgan fingerprint density at radius 3 is 2.85 bits per heavy atom. The molecule has 1 fully saturated rings. The second kappa shape index (κ2) is 7.73. The Bertz CT molecular complexity index is 814. The summed E-state index contributed by atoms with van der Waals surface area (Å²) in [5.41, 5.74) is -0.235. The first-order valence-corrected chi connectivity index (χ1v) is 8.25. The first-order chi connectivity index (χ1) is 12.8. The van der Waals surface area contributed by atoms with Gasteiger partial charge in [-0.1, -0.05) is 6.07 Å². The smallest absolute Gasteiger partial charge is 0.416 e. The summed E-state index contributed by atoms with van der Waals surface area (Å²) >= 11 is 0. The van der Waals surface area contributed by atoms with E-state index in [0.29, 0.717) is 24.4 Å². The van der Waals surface area contributed by atoms with Gasteiger partial charge in [0.15, 0.2) is 0 Å². The van der Waals surface area contributed by atoms with Crippen molar-refractivity contribution < 1.29 is 27.4 Å². The van der Waals surface area contributed by atoms with Gasteiger partial charge in [0.1, 0.15) is 11.9 Å². The SMILES string of the molecule is COc1cccc(NC(=O)N2CCC(Oc3cc(C(F)(F)F)ccn3)C2)c1. The summed E-state index contributed by atoms with van der Waals surface area (Å²) in [5.74, 6) is 0.510. The first-order valence-electron chi connectivity index (χ1n) is 8.25. The zero-order valence-corrected chi connectivity index (χ0v) is 14.5. The molecule has 0 saturated carbocycles. The minimum atomic E-state index is -4.46. The van der Waals surface area contributed by atoms with Gasteiger partial charge in [-0.25, -0.2) is 9.78 Å². The lowest BCUT2D eigenvalue weighted by Gasteiger charge is -2.18. The standard InChI is InChI=1S/C18H18F3N3O3/c1-26-14-4-2-3-13(10-14)23-17(25)24-8-6-15(11-24)27-16-9-12(5-7-22-16)18(19,20)21/h2-5,7,9-10,15H,6,8,11H2,1H3,(H,23,25). The van der Waals surface area contributed by atoms with E-state index in [1.54, 1.807) is 24.3 Å². The van der Waals surface area contributed by atoms with Crippen LogP contribution in [0.5, 0.6) is 11.6 Å². The molecule has 1 N–H and O–H groups in total.